The second-order valence-electron chi connectivity index (χ2n) is 6.91. The van der Waals surface area contributed by atoms with Crippen molar-refractivity contribution in [3.05, 3.63) is 42.2 Å². The number of benzene rings is 1. The number of amides is 1. The zero-order valence-corrected chi connectivity index (χ0v) is 17.4. The van der Waals surface area contributed by atoms with Crippen LogP contribution in [0, 0.1) is 0 Å². The lowest BCUT2D eigenvalue weighted by Gasteiger charge is -2.35. The highest BCUT2D eigenvalue weighted by atomic mass is 16.5. The molecule has 0 atom stereocenters. The molecule has 2 heterocycles. The number of piperazine rings is 1. The van der Waals surface area contributed by atoms with Gasteiger partial charge in [-0.3, -0.25) is 9.69 Å². The molecule has 0 unspecified atom stereocenters. The van der Waals surface area contributed by atoms with Crippen molar-refractivity contribution >= 4 is 11.9 Å². The van der Waals surface area contributed by atoms with Crippen LogP contribution >= 0.6 is 0 Å². The Hall–Kier alpha value is -2.87. The van der Waals surface area contributed by atoms with Gasteiger partial charge in [0.05, 0.1) is 20.8 Å². The van der Waals surface area contributed by atoms with Crippen molar-refractivity contribution < 1.29 is 14.3 Å². The van der Waals surface area contributed by atoms with E-state index >= 15 is 0 Å². The first-order valence-electron chi connectivity index (χ1n) is 9.87. The summed E-state index contributed by atoms with van der Waals surface area (Å²) in [6, 6.07) is 7.58. The van der Waals surface area contributed by atoms with Gasteiger partial charge in [0.2, 0.25) is 11.9 Å². The molecule has 1 aromatic heterocycles. The average molecular weight is 399 g/mol. The van der Waals surface area contributed by atoms with Gasteiger partial charge < -0.3 is 19.3 Å². The van der Waals surface area contributed by atoms with E-state index in [1.54, 1.807) is 26.6 Å². The Kier molecular flexibility index (Phi) is 7.24. The second-order valence-corrected chi connectivity index (χ2v) is 6.91. The summed E-state index contributed by atoms with van der Waals surface area (Å²) in [5.74, 6) is 2.24. The minimum atomic E-state index is 0.131. The number of ether oxygens (including phenoxy) is 2. The third-order valence-electron chi connectivity index (χ3n) is 5.12. The molecule has 1 aromatic carbocycles. The number of likely N-dealkylation sites (N-methyl/N-ethyl adjacent to an activating group) is 1. The molecule has 0 N–H and O–H groups in total. The van der Waals surface area contributed by atoms with E-state index in [2.05, 4.69) is 19.8 Å². The summed E-state index contributed by atoms with van der Waals surface area (Å²) in [6.07, 6.45) is 3.51. The molecule has 8 heteroatoms. The molecule has 156 valence electrons. The predicted octanol–water partition coefficient (Wildman–Crippen LogP) is 1.66. The number of hydrogen-bond acceptors (Lipinski definition) is 7. The van der Waals surface area contributed by atoms with E-state index in [-0.39, 0.29) is 5.91 Å². The zero-order chi connectivity index (χ0) is 20.6. The van der Waals surface area contributed by atoms with E-state index in [9.17, 15) is 4.79 Å². The van der Waals surface area contributed by atoms with Crippen molar-refractivity contribution in [1.29, 1.82) is 0 Å². The molecule has 1 amide bonds. The fourth-order valence-electron chi connectivity index (χ4n) is 3.43. The van der Waals surface area contributed by atoms with E-state index < -0.39 is 0 Å². The van der Waals surface area contributed by atoms with Crippen molar-refractivity contribution in [2.45, 2.75) is 13.5 Å². The maximum absolute atomic E-state index is 12.9. The van der Waals surface area contributed by atoms with E-state index in [4.69, 9.17) is 9.47 Å². The standard InChI is InChI=1S/C21H29N5O3/c1-4-25(15-17-6-7-18(28-2)19(14-17)29-3)20(27)16-24-10-12-26(13-11-24)21-22-8-5-9-23-21/h5-9,14H,4,10-13,15-16H2,1-3H3. The minimum absolute atomic E-state index is 0.131. The predicted molar refractivity (Wildman–Crippen MR) is 111 cm³/mol. The Morgan fingerprint density at radius 1 is 1.07 bits per heavy atom. The molecular weight excluding hydrogens is 370 g/mol. The lowest BCUT2D eigenvalue weighted by Crippen LogP contribution is -2.50. The number of methoxy groups -OCH3 is 2. The Morgan fingerprint density at radius 3 is 2.38 bits per heavy atom. The first-order chi connectivity index (χ1) is 14.1. The van der Waals surface area contributed by atoms with Gasteiger partial charge in [-0.05, 0) is 30.7 Å². The third-order valence-corrected chi connectivity index (χ3v) is 5.12. The maximum Gasteiger partial charge on any atom is 0.237 e. The molecule has 0 bridgehead atoms. The molecule has 2 aromatic rings. The molecule has 0 spiro atoms. The fraction of sp³-hybridized carbons (Fsp3) is 0.476. The van der Waals surface area contributed by atoms with Crippen LogP contribution in [0.3, 0.4) is 0 Å². The molecule has 0 aliphatic carbocycles. The second kappa shape index (κ2) is 10.1. The van der Waals surface area contributed by atoms with E-state index in [0.29, 0.717) is 31.1 Å². The largest absolute Gasteiger partial charge is 0.493 e. The summed E-state index contributed by atoms with van der Waals surface area (Å²) in [5.41, 5.74) is 1.02. The zero-order valence-electron chi connectivity index (χ0n) is 17.4. The van der Waals surface area contributed by atoms with Gasteiger partial charge in [-0.15, -0.1) is 0 Å². The topological polar surface area (TPSA) is 71.0 Å². The first kappa shape index (κ1) is 20.9. The van der Waals surface area contributed by atoms with Gasteiger partial charge in [-0.2, -0.15) is 0 Å². The number of hydrogen-bond donors (Lipinski definition) is 0. The molecule has 3 rings (SSSR count). The number of aromatic nitrogens is 2. The maximum atomic E-state index is 12.9. The smallest absolute Gasteiger partial charge is 0.237 e. The van der Waals surface area contributed by atoms with E-state index in [1.165, 1.54) is 0 Å². The normalized spacial score (nSPS) is 14.5. The van der Waals surface area contributed by atoms with Crippen LogP contribution in [0.5, 0.6) is 11.5 Å². The summed E-state index contributed by atoms with van der Waals surface area (Å²) in [6.45, 7) is 6.90. The molecule has 0 saturated carbocycles. The van der Waals surface area contributed by atoms with Gasteiger partial charge in [-0.1, -0.05) is 6.07 Å². The van der Waals surface area contributed by atoms with Crippen molar-refractivity contribution in [3.8, 4) is 11.5 Å². The van der Waals surface area contributed by atoms with Crippen LogP contribution < -0.4 is 14.4 Å². The van der Waals surface area contributed by atoms with Gasteiger partial charge in [0.1, 0.15) is 0 Å². The monoisotopic (exact) mass is 399 g/mol. The van der Waals surface area contributed by atoms with Gasteiger partial charge in [0, 0.05) is 51.7 Å². The number of anilines is 1. The highest BCUT2D eigenvalue weighted by Crippen LogP contribution is 2.28. The van der Waals surface area contributed by atoms with Crippen molar-refractivity contribution in [2.24, 2.45) is 0 Å². The molecular formula is C21H29N5O3. The van der Waals surface area contributed by atoms with Crippen LogP contribution in [0.15, 0.2) is 36.7 Å². The summed E-state index contributed by atoms with van der Waals surface area (Å²) >= 11 is 0. The Labute approximate surface area is 172 Å². The van der Waals surface area contributed by atoms with E-state index in [0.717, 1.165) is 37.7 Å². The summed E-state index contributed by atoms with van der Waals surface area (Å²) in [7, 11) is 3.23. The summed E-state index contributed by atoms with van der Waals surface area (Å²) < 4.78 is 10.7. The summed E-state index contributed by atoms with van der Waals surface area (Å²) in [5, 5.41) is 0. The van der Waals surface area contributed by atoms with E-state index in [1.807, 2.05) is 36.1 Å². The summed E-state index contributed by atoms with van der Waals surface area (Å²) in [4.78, 5) is 27.7. The molecule has 1 saturated heterocycles. The molecule has 0 radical (unpaired) electrons. The molecule has 29 heavy (non-hydrogen) atoms. The molecule has 1 aliphatic heterocycles. The van der Waals surface area contributed by atoms with Crippen LogP contribution in [-0.2, 0) is 11.3 Å². The van der Waals surface area contributed by atoms with Crippen LogP contribution in [0.25, 0.3) is 0 Å². The molecule has 1 fully saturated rings. The molecule has 1 aliphatic rings. The van der Waals surface area contributed by atoms with Gasteiger partial charge in [-0.25, -0.2) is 9.97 Å². The number of carbonyl (C=O) groups is 1. The van der Waals surface area contributed by atoms with Crippen LogP contribution in [0.2, 0.25) is 0 Å². The SMILES string of the molecule is CCN(Cc1ccc(OC)c(OC)c1)C(=O)CN1CCN(c2ncccn2)CC1. The average Bonchev–Trinajstić information content (AvgIpc) is 2.78. The number of carbonyl (C=O) groups excluding carboxylic acids is 1. The van der Waals surface area contributed by atoms with Gasteiger partial charge >= 0.3 is 0 Å². The highest BCUT2D eigenvalue weighted by Gasteiger charge is 2.22. The van der Waals surface area contributed by atoms with Crippen molar-refractivity contribution in [2.75, 3.05) is 58.4 Å². The van der Waals surface area contributed by atoms with Crippen LogP contribution in [0.4, 0.5) is 5.95 Å². The lowest BCUT2D eigenvalue weighted by atomic mass is 10.2. The Balaban J connectivity index is 1.54. The lowest BCUT2D eigenvalue weighted by molar-refractivity contribution is -0.132. The number of rotatable bonds is 8. The van der Waals surface area contributed by atoms with Gasteiger partial charge in [0.15, 0.2) is 11.5 Å². The minimum Gasteiger partial charge on any atom is -0.493 e. The van der Waals surface area contributed by atoms with Crippen LogP contribution in [0.1, 0.15) is 12.5 Å². The third kappa shape index (κ3) is 5.35. The Bertz CT molecular complexity index is 794. The molecule has 8 nitrogen and oxygen atoms in total. The van der Waals surface area contributed by atoms with Crippen LogP contribution in [-0.4, -0.2) is 79.2 Å². The van der Waals surface area contributed by atoms with Gasteiger partial charge in [0.25, 0.3) is 0 Å². The quantitative estimate of drug-likeness (QED) is 0.669. The highest BCUT2D eigenvalue weighted by molar-refractivity contribution is 5.78. The first-order valence-corrected chi connectivity index (χ1v) is 9.87. The van der Waals surface area contributed by atoms with Crippen molar-refractivity contribution in [1.82, 2.24) is 19.8 Å². The fourth-order valence-corrected chi connectivity index (χ4v) is 3.43. The Morgan fingerprint density at radius 2 is 1.76 bits per heavy atom. The number of nitrogens with zero attached hydrogens (tertiary/aromatic N) is 5. The van der Waals surface area contributed by atoms with Crippen molar-refractivity contribution in [3.63, 3.8) is 0 Å².